The summed E-state index contributed by atoms with van der Waals surface area (Å²) in [6, 6.07) is 11.1. The van der Waals surface area contributed by atoms with Gasteiger partial charge in [-0.1, -0.05) is 0 Å². The van der Waals surface area contributed by atoms with Crippen molar-refractivity contribution in [1.82, 2.24) is 9.61 Å². The Bertz CT molecular complexity index is 861. The fraction of sp³-hybridized carbons (Fsp3) is 0.316. The van der Waals surface area contributed by atoms with Crippen molar-refractivity contribution in [1.29, 1.82) is 0 Å². The summed E-state index contributed by atoms with van der Waals surface area (Å²) in [7, 11) is 0. The Morgan fingerprint density at radius 3 is 3.04 bits per heavy atom. The van der Waals surface area contributed by atoms with Crippen molar-refractivity contribution in [2.45, 2.75) is 25.8 Å². The highest BCUT2D eigenvalue weighted by Crippen LogP contribution is 2.40. The molecule has 1 aliphatic heterocycles. The molecule has 0 saturated carbocycles. The summed E-state index contributed by atoms with van der Waals surface area (Å²) in [4.78, 5) is 2.34. The Morgan fingerprint density at radius 2 is 2.17 bits per heavy atom. The summed E-state index contributed by atoms with van der Waals surface area (Å²) in [5.41, 5.74) is 3.13. The van der Waals surface area contributed by atoms with Crippen LogP contribution in [-0.4, -0.2) is 22.8 Å². The number of nitrogens with zero attached hydrogens (tertiary/aromatic N) is 3. The van der Waals surface area contributed by atoms with Gasteiger partial charge in [-0.2, -0.15) is 5.10 Å². The molecule has 0 aliphatic carbocycles. The van der Waals surface area contributed by atoms with Crippen LogP contribution < -0.4 is 9.64 Å². The van der Waals surface area contributed by atoms with Gasteiger partial charge in [-0.3, -0.25) is 0 Å². The van der Waals surface area contributed by atoms with E-state index in [9.17, 15) is 4.39 Å². The van der Waals surface area contributed by atoms with Gasteiger partial charge in [-0.25, -0.2) is 8.91 Å². The average Bonchev–Trinajstić information content (AvgIpc) is 3.24. The van der Waals surface area contributed by atoms with Gasteiger partial charge in [-0.05, 0) is 56.2 Å². The van der Waals surface area contributed by atoms with Gasteiger partial charge in [0, 0.05) is 30.2 Å². The van der Waals surface area contributed by atoms with E-state index in [1.807, 2.05) is 23.7 Å². The quantitative estimate of drug-likeness (QED) is 0.719. The van der Waals surface area contributed by atoms with Gasteiger partial charge in [0.1, 0.15) is 11.6 Å². The topological polar surface area (TPSA) is 29.8 Å². The van der Waals surface area contributed by atoms with Gasteiger partial charge in [0.25, 0.3) is 0 Å². The van der Waals surface area contributed by atoms with E-state index in [-0.39, 0.29) is 11.9 Å². The fourth-order valence-electron chi connectivity index (χ4n) is 3.55. The van der Waals surface area contributed by atoms with E-state index in [2.05, 4.69) is 22.1 Å². The second kappa shape index (κ2) is 6.15. The third-order valence-electron chi connectivity index (χ3n) is 4.60. The van der Waals surface area contributed by atoms with E-state index in [4.69, 9.17) is 4.74 Å². The predicted octanol–water partition coefficient (Wildman–Crippen LogP) is 4.21. The molecular formula is C19H20FN3O. The highest BCUT2D eigenvalue weighted by atomic mass is 19.1. The Kier molecular flexibility index (Phi) is 3.84. The van der Waals surface area contributed by atoms with E-state index in [0.29, 0.717) is 6.61 Å². The lowest BCUT2D eigenvalue weighted by Gasteiger charge is -2.28. The summed E-state index contributed by atoms with van der Waals surface area (Å²) >= 11 is 0. The summed E-state index contributed by atoms with van der Waals surface area (Å²) in [6.45, 7) is 3.48. The normalized spacial score (nSPS) is 17.6. The van der Waals surface area contributed by atoms with Crippen LogP contribution in [0.1, 0.15) is 31.4 Å². The highest BCUT2D eigenvalue weighted by molar-refractivity contribution is 5.61. The molecule has 1 aromatic carbocycles. The molecule has 1 saturated heterocycles. The van der Waals surface area contributed by atoms with E-state index < -0.39 is 0 Å². The first-order chi connectivity index (χ1) is 11.8. The molecule has 4 rings (SSSR count). The molecule has 3 aromatic rings. The number of benzene rings is 1. The second-order valence-corrected chi connectivity index (χ2v) is 6.05. The summed E-state index contributed by atoms with van der Waals surface area (Å²) in [6.07, 6.45) is 5.83. The third-order valence-corrected chi connectivity index (χ3v) is 4.60. The Hall–Kier alpha value is -2.56. The minimum absolute atomic E-state index is 0.132. The number of pyridine rings is 1. The van der Waals surface area contributed by atoms with Crippen molar-refractivity contribution in [3.8, 4) is 5.75 Å². The molecule has 0 unspecified atom stereocenters. The maximum atomic E-state index is 13.9. The van der Waals surface area contributed by atoms with Crippen LogP contribution >= 0.6 is 0 Å². The zero-order chi connectivity index (χ0) is 16.5. The molecule has 0 bridgehead atoms. The standard InChI is InChI=1S/C19H20FN3O/c1-2-24-19-6-5-14(20)12-17(19)18-4-3-10-22(18)15-8-11-23-16(13-15)7-9-21-23/h5-9,11-13,18H,2-4,10H2,1H3/t18-/m1/s1. The van der Waals surface area contributed by atoms with Crippen molar-refractivity contribution in [3.05, 3.63) is 60.2 Å². The molecule has 0 radical (unpaired) electrons. The number of hydrogen-bond acceptors (Lipinski definition) is 3. The molecule has 124 valence electrons. The number of halogens is 1. The van der Waals surface area contributed by atoms with Gasteiger partial charge in [-0.15, -0.1) is 0 Å². The second-order valence-electron chi connectivity index (χ2n) is 6.05. The molecule has 0 spiro atoms. The van der Waals surface area contributed by atoms with Gasteiger partial charge in [0.15, 0.2) is 0 Å². The molecule has 24 heavy (non-hydrogen) atoms. The van der Waals surface area contributed by atoms with Gasteiger partial charge < -0.3 is 9.64 Å². The zero-order valence-electron chi connectivity index (χ0n) is 13.7. The lowest BCUT2D eigenvalue weighted by atomic mass is 10.0. The largest absolute Gasteiger partial charge is 0.494 e. The molecule has 1 fully saturated rings. The van der Waals surface area contributed by atoms with E-state index in [0.717, 1.165) is 41.9 Å². The summed E-state index contributed by atoms with van der Waals surface area (Å²) < 4.78 is 21.4. The van der Waals surface area contributed by atoms with Crippen molar-refractivity contribution in [2.75, 3.05) is 18.1 Å². The van der Waals surface area contributed by atoms with Crippen LogP contribution in [0.4, 0.5) is 10.1 Å². The van der Waals surface area contributed by atoms with Gasteiger partial charge in [0.05, 0.1) is 18.2 Å². The molecule has 1 atom stereocenters. The Balaban J connectivity index is 1.73. The summed E-state index contributed by atoms with van der Waals surface area (Å²) in [5.74, 6) is 0.563. The molecule has 5 heteroatoms. The molecule has 0 N–H and O–H groups in total. The smallest absolute Gasteiger partial charge is 0.124 e. The van der Waals surface area contributed by atoms with Crippen molar-refractivity contribution >= 4 is 11.2 Å². The number of anilines is 1. The average molecular weight is 325 g/mol. The first-order valence-corrected chi connectivity index (χ1v) is 8.38. The maximum absolute atomic E-state index is 13.9. The number of hydrogen-bond donors (Lipinski definition) is 0. The number of aromatic nitrogens is 2. The minimum atomic E-state index is -0.216. The van der Waals surface area contributed by atoms with Gasteiger partial charge >= 0.3 is 0 Å². The lowest BCUT2D eigenvalue weighted by Crippen LogP contribution is -2.23. The summed E-state index contributed by atoms with van der Waals surface area (Å²) in [5, 5.41) is 4.24. The predicted molar refractivity (Wildman–Crippen MR) is 92.1 cm³/mol. The van der Waals surface area contributed by atoms with E-state index in [1.165, 1.54) is 6.07 Å². The van der Waals surface area contributed by atoms with Crippen molar-refractivity contribution in [2.24, 2.45) is 0 Å². The maximum Gasteiger partial charge on any atom is 0.124 e. The molecule has 3 heterocycles. The minimum Gasteiger partial charge on any atom is -0.494 e. The first-order valence-electron chi connectivity index (χ1n) is 8.38. The Labute approximate surface area is 140 Å². The van der Waals surface area contributed by atoms with Crippen LogP contribution in [-0.2, 0) is 0 Å². The molecule has 1 aliphatic rings. The number of ether oxygens (including phenoxy) is 1. The van der Waals surface area contributed by atoms with Crippen molar-refractivity contribution < 1.29 is 9.13 Å². The van der Waals surface area contributed by atoms with Crippen LogP contribution in [0.3, 0.4) is 0 Å². The SMILES string of the molecule is CCOc1ccc(F)cc1[C@H]1CCCN1c1ccn2nccc2c1. The van der Waals surface area contributed by atoms with Crippen LogP contribution in [0.15, 0.2) is 48.8 Å². The zero-order valence-corrected chi connectivity index (χ0v) is 13.7. The number of fused-ring (bicyclic) bond motifs is 1. The molecule has 2 aromatic heterocycles. The van der Waals surface area contributed by atoms with Gasteiger partial charge in [0.2, 0.25) is 0 Å². The lowest BCUT2D eigenvalue weighted by molar-refractivity contribution is 0.333. The highest BCUT2D eigenvalue weighted by Gasteiger charge is 2.29. The van der Waals surface area contributed by atoms with Crippen LogP contribution in [0.2, 0.25) is 0 Å². The molecule has 4 nitrogen and oxygen atoms in total. The molecular weight excluding hydrogens is 305 g/mol. The van der Waals surface area contributed by atoms with E-state index >= 15 is 0 Å². The van der Waals surface area contributed by atoms with Crippen LogP contribution in [0.5, 0.6) is 5.75 Å². The fourth-order valence-corrected chi connectivity index (χ4v) is 3.55. The first kappa shape index (κ1) is 15.0. The Morgan fingerprint density at radius 1 is 1.25 bits per heavy atom. The van der Waals surface area contributed by atoms with Crippen molar-refractivity contribution in [3.63, 3.8) is 0 Å². The van der Waals surface area contributed by atoms with Crippen LogP contribution in [0, 0.1) is 5.82 Å². The molecule has 0 amide bonds. The number of rotatable bonds is 4. The van der Waals surface area contributed by atoms with E-state index in [1.54, 1.807) is 18.3 Å². The third kappa shape index (κ3) is 2.60. The monoisotopic (exact) mass is 325 g/mol. The van der Waals surface area contributed by atoms with Crippen LogP contribution in [0.25, 0.3) is 5.52 Å².